The molecule has 4 heteroatoms. The Morgan fingerprint density at radius 3 is 2.50 bits per heavy atom. The van der Waals surface area contributed by atoms with Crippen LogP contribution in [0.25, 0.3) is 0 Å². The molecule has 0 bridgehead atoms. The molecule has 0 aliphatic rings. The molecule has 0 aliphatic heterocycles. The van der Waals surface area contributed by atoms with Gasteiger partial charge < -0.3 is 10.3 Å². The molecule has 1 aromatic carbocycles. The number of carboxylic acids is 1. The summed E-state index contributed by atoms with van der Waals surface area (Å²) in [5.41, 5.74) is 4.78. The van der Waals surface area contributed by atoms with Crippen molar-refractivity contribution < 1.29 is 15.1 Å². The predicted octanol–water partition coefficient (Wildman–Crippen LogP) is 1.48. The van der Waals surface area contributed by atoms with Gasteiger partial charge in [-0.2, -0.15) is 0 Å². The lowest BCUT2D eigenvalue weighted by Crippen LogP contribution is -2.10. The molecule has 0 saturated carbocycles. The average Bonchev–Trinajstić information content (AvgIpc) is 2.09. The summed E-state index contributed by atoms with van der Waals surface area (Å²) in [6, 6.07) is 3.38. The molecule has 0 heterocycles. The second-order valence-electron chi connectivity index (χ2n) is 3.23. The lowest BCUT2D eigenvalue weighted by molar-refractivity contribution is 0.0695. The monoisotopic (exact) mass is 195 g/mol. The smallest absolute Gasteiger partial charge is 0.335 e. The van der Waals surface area contributed by atoms with Gasteiger partial charge in [-0.05, 0) is 36.6 Å². The van der Waals surface area contributed by atoms with Crippen LogP contribution in [0.4, 0.5) is 0 Å². The molecule has 14 heavy (non-hydrogen) atoms. The van der Waals surface area contributed by atoms with Crippen molar-refractivity contribution in [2.24, 2.45) is 0 Å². The van der Waals surface area contributed by atoms with Crippen molar-refractivity contribution in [3.63, 3.8) is 0 Å². The van der Waals surface area contributed by atoms with Crippen molar-refractivity contribution in [3.8, 4) is 0 Å². The Balaban J connectivity index is 3.20. The molecule has 0 aromatic heterocycles. The zero-order valence-electron chi connectivity index (χ0n) is 8.16. The molecule has 0 radical (unpaired) electrons. The highest BCUT2D eigenvalue weighted by atomic mass is 16.5. The SMILES string of the molecule is Cc1cc(C)c(C(=O)O)cc1CNO. The minimum absolute atomic E-state index is 0.256. The molecule has 4 nitrogen and oxygen atoms in total. The minimum atomic E-state index is -0.943. The molecule has 1 rings (SSSR count). The van der Waals surface area contributed by atoms with Crippen LogP contribution in [-0.2, 0) is 6.54 Å². The zero-order chi connectivity index (χ0) is 10.7. The molecule has 76 valence electrons. The van der Waals surface area contributed by atoms with Crippen LogP contribution in [0.3, 0.4) is 0 Å². The van der Waals surface area contributed by atoms with Crippen molar-refractivity contribution in [2.45, 2.75) is 20.4 Å². The van der Waals surface area contributed by atoms with Gasteiger partial charge in [-0.25, -0.2) is 10.3 Å². The fourth-order valence-corrected chi connectivity index (χ4v) is 1.40. The number of nitrogens with one attached hydrogen (secondary N) is 1. The number of rotatable bonds is 3. The molecule has 1 aromatic rings. The van der Waals surface area contributed by atoms with Crippen LogP contribution in [-0.4, -0.2) is 16.3 Å². The number of aromatic carboxylic acids is 1. The van der Waals surface area contributed by atoms with Crippen LogP contribution in [0, 0.1) is 13.8 Å². The molecular weight excluding hydrogens is 182 g/mol. The van der Waals surface area contributed by atoms with Gasteiger partial charge in [0.05, 0.1) is 5.56 Å². The van der Waals surface area contributed by atoms with Gasteiger partial charge in [0.1, 0.15) is 0 Å². The molecule has 0 atom stereocenters. The van der Waals surface area contributed by atoms with Crippen molar-refractivity contribution in [1.29, 1.82) is 0 Å². The van der Waals surface area contributed by atoms with Crippen molar-refractivity contribution in [3.05, 3.63) is 34.4 Å². The molecule has 0 spiro atoms. The number of benzene rings is 1. The summed E-state index contributed by atoms with van der Waals surface area (Å²) in [7, 11) is 0. The molecule has 0 amide bonds. The number of hydrogen-bond donors (Lipinski definition) is 3. The largest absolute Gasteiger partial charge is 0.478 e. The van der Waals surface area contributed by atoms with E-state index >= 15 is 0 Å². The topological polar surface area (TPSA) is 69.6 Å². The lowest BCUT2D eigenvalue weighted by atomic mass is 10.00. The fraction of sp³-hybridized carbons (Fsp3) is 0.300. The van der Waals surface area contributed by atoms with Crippen molar-refractivity contribution in [1.82, 2.24) is 5.48 Å². The zero-order valence-corrected chi connectivity index (χ0v) is 8.16. The fourth-order valence-electron chi connectivity index (χ4n) is 1.40. The maximum Gasteiger partial charge on any atom is 0.335 e. The number of aryl methyl sites for hydroxylation is 2. The van der Waals surface area contributed by atoms with E-state index in [1.54, 1.807) is 19.1 Å². The number of hydrogen-bond acceptors (Lipinski definition) is 3. The first-order chi connectivity index (χ1) is 6.56. The third-order valence-electron chi connectivity index (χ3n) is 2.18. The predicted molar refractivity (Wildman–Crippen MR) is 51.5 cm³/mol. The highest BCUT2D eigenvalue weighted by Crippen LogP contribution is 2.15. The van der Waals surface area contributed by atoms with Crippen LogP contribution in [0.5, 0.6) is 0 Å². The van der Waals surface area contributed by atoms with Crippen LogP contribution >= 0.6 is 0 Å². The molecular formula is C10H13NO3. The second-order valence-corrected chi connectivity index (χ2v) is 3.23. The summed E-state index contributed by atoms with van der Waals surface area (Å²) in [6.07, 6.45) is 0. The first-order valence-electron chi connectivity index (χ1n) is 4.26. The van der Waals surface area contributed by atoms with Gasteiger partial charge >= 0.3 is 5.97 Å². The summed E-state index contributed by atoms with van der Waals surface area (Å²) >= 11 is 0. The van der Waals surface area contributed by atoms with Gasteiger partial charge in [0.25, 0.3) is 0 Å². The van der Waals surface area contributed by atoms with Gasteiger partial charge in [-0.15, -0.1) is 0 Å². The molecule has 0 saturated heterocycles. The highest BCUT2D eigenvalue weighted by Gasteiger charge is 2.09. The van der Waals surface area contributed by atoms with Gasteiger partial charge in [-0.1, -0.05) is 6.07 Å². The quantitative estimate of drug-likeness (QED) is 0.639. The Kier molecular flexibility index (Phi) is 3.22. The summed E-state index contributed by atoms with van der Waals surface area (Å²) in [6.45, 7) is 3.89. The van der Waals surface area contributed by atoms with Crippen molar-refractivity contribution in [2.75, 3.05) is 0 Å². The number of carboxylic acid groups (broad SMARTS) is 1. The van der Waals surface area contributed by atoms with E-state index in [2.05, 4.69) is 0 Å². The first kappa shape index (κ1) is 10.7. The Morgan fingerprint density at radius 2 is 2.00 bits per heavy atom. The van der Waals surface area contributed by atoms with E-state index in [0.717, 1.165) is 16.7 Å². The van der Waals surface area contributed by atoms with E-state index in [1.807, 2.05) is 12.4 Å². The van der Waals surface area contributed by atoms with Crippen LogP contribution in [0.2, 0.25) is 0 Å². The van der Waals surface area contributed by atoms with E-state index in [9.17, 15) is 4.79 Å². The Bertz CT molecular complexity index is 361. The summed E-state index contributed by atoms with van der Waals surface area (Å²) < 4.78 is 0. The summed E-state index contributed by atoms with van der Waals surface area (Å²) in [5.74, 6) is -0.943. The Labute approximate surface area is 82.1 Å². The first-order valence-corrected chi connectivity index (χ1v) is 4.26. The highest BCUT2D eigenvalue weighted by molar-refractivity contribution is 5.89. The molecule has 0 unspecified atom stereocenters. The normalized spacial score (nSPS) is 10.2. The van der Waals surface area contributed by atoms with Gasteiger partial charge in [0.2, 0.25) is 0 Å². The minimum Gasteiger partial charge on any atom is -0.478 e. The molecule has 0 fully saturated rings. The standard InChI is InChI=1S/C10H13NO3/c1-6-3-7(2)9(10(12)13)4-8(6)5-11-14/h3-4,11,14H,5H2,1-2H3,(H,12,13). The van der Waals surface area contributed by atoms with E-state index in [1.165, 1.54) is 0 Å². The van der Waals surface area contributed by atoms with Gasteiger partial charge in [0.15, 0.2) is 0 Å². The van der Waals surface area contributed by atoms with Gasteiger partial charge in [-0.3, -0.25) is 0 Å². The maximum atomic E-state index is 10.8. The van der Waals surface area contributed by atoms with Crippen molar-refractivity contribution >= 4 is 5.97 Å². The van der Waals surface area contributed by atoms with Crippen LogP contribution in [0.1, 0.15) is 27.0 Å². The average molecular weight is 195 g/mol. The molecule has 3 N–H and O–H groups in total. The second kappa shape index (κ2) is 4.21. The Hall–Kier alpha value is -1.39. The van der Waals surface area contributed by atoms with Crippen LogP contribution in [0.15, 0.2) is 12.1 Å². The number of carbonyl (C=O) groups is 1. The molecule has 0 aliphatic carbocycles. The summed E-state index contributed by atoms with van der Waals surface area (Å²) in [5, 5.41) is 17.4. The summed E-state index contributed by atoms with van der Waals surface area (Å²) in [4.78, 5) is 10.8. The Morgan fingerprint density at radius 1 is 1.36 bits per heavy atom. The van der Waals surface area contributed by atoms with Crippen LogP contribution < -0.4 is 5.48 Å². The van der Waals surface area contributed by atoms with E-state index in [0.29, 0.717) is 0 Å². The lowest BCUT2D eigenvalue weighted by Gasteiger charge is -2.08. The number of hydroxylamine groups is 1. The van der Waals surface area contributed by atoms with E-state index in [4.69, 9.17) is 10.3 Å². The van der Waals surface area contributed by atoms with E-state index in [-0.39, 0.29) is 12.1 Å². The third kappa shape index (κ3) is 2.10. The van der Waals surface area contributed by atoms with E-state index < -0.39 is 5.97 Å². The van der Waals surface area contributed by atoms with Gasteiger partial charge in [0, 0.05) is 6.54 Å². The maximum absolute atomic E-state index is 10.8. The third-order valence-corrected chi connectivity index (χ3v) is 2.18.